The van der Waals surface area contributed by atoms with Crippen LogP contribution in [0.1, 0.15) is 11.6 Å². The fraction of sp³-hybridized carbons (Fsp3) is 0.333. The van der Waals surface area contributed by atoms with Gasteiger partial charge in [-0.2, -0.15) is 0 Å². The van der Waals surface area contributed by atoms with Crippen molar-refractivity contribution in [3.63, 3.8) is 0 Å². The molecule has 1 aromatic carbocycles. The molecule has 4 heteroatoms. The van der Waals surface area contributed by atoms with E-state index in [0.29, 0.717) is 0 Å². The lowest BCUT2D eigenvalue weighted by molar-refractivity contribution is 0.267. The number of aliphatic hydroxyl groups excluding tert-OH is 1. The van der Waals surface area contributed by atoms with Crippen molar-refractivity contribution in [2.24, 2.45) is 5.73 Å². The smallest absolute Gasteiger partial charge is 0.119 e. The first kappa shape index (κ1) is 12.2. The number of methoxy groups -OCH3 is 1. The third kappa shape index (κ3) is 3.22. The molecule has 0 spiro atoms. The highest BCUT2D eigenvalue weighted by atomic mass is 35.5. The maximum atomic E-state index is 8.79. The van der Waals surface area contributed by atoms with Gasteiger partial charge in [-0.1, -0.05) is 12.1 Å². The number of benzene rings is 1. The first-order valence-electron chi connectivity index (χ1n) is 3.78. The molecule has 0 bridgehead atoms. The van der Waals surface area contributed by atoms with E-state index >= 15 is 0 Å². The van der Waals surface area contributed by atoms with Crippen molar-refractivity contribution in [1.29, 1.82) is 0 Å². The van der Waals surface area contributed by atoms with Gasteiger partial charge in [0.15, 0.2) is 0 Å². The van der Waals surface area contributed by atoms with Gasteiger partial charge in [0.2, 0.25) is 0 Å². The van der Waals surface area contributed by atoms with E-state index < -0.39 is 0 Å². The van der Waals surface area contributed by atoms with Gasteiger partial charge >= 0.3 is 0 Å². The second-order valence-electron chi connectivity index (χ2n) is 2.57. The van der Waals surface area contributed by atoms with Crippen LogP contribution in [-0.2, 0) is 0 Å². The third-order valence-electron chi connectivity index (χ3n) is 1.72. The van der Waals surface area contributed by atoms with Gasteiger partial charge in [0.25, 0.3) is 0 Å². The average molecular weight is 204 g/mol. The van der Waals surface area contributed by atoms with Crippen LogP contribution in [0.3, 0.4) is 0 Å². The van der Waals surface area contributed by atoms with Gasteiger partial charge < -0.3 is 15.6 Å². The van der Waals surface area contributed by atoms with E-state index in [-0.39, 0.29) is 25.1 Å². The Morgan fingerprint density at radius 1 is 1.54 bits per heavy atom. The van der Waals surface area contributed by atoms with Crippen molar-refractivity contribution in [3.8, 4) is 5.75 Å². The van der Waals surface area contributed by atoms with Crippen molar-refractivity contribution < 1.29 is 9.84 Å². The molecular weight excluding hydrogens is 190 g/mol. The first-order valence-corrected chi connectivity index (χ1v) is 3.78. The highest BCUT2D eigenvalue weighted by molar-refractivity contribution is 5.85. The van der Waals surface area contributed by atoms with Crippen molar-refractivity contribution >= 4 is 12.4 Å². The van der Waals surface area contributed by atoms with Gasteiger partial charge in [-0.3, -0.25) is 0 Å². The number of nitrogens with two attached hydrogens (primary N) is 1. The maximum absolute atomic E-state index is 8.79. The summed E-state index contributed by atoms with van der Waals surface area (Å²) in [6.07, 6.45) is 0. The molecule has 0 aliphatic carbocycles. The molecule has 0 aliphatic rings. The fourth-order valence-corrected chi connectivity index (χ4v) is 0.978. The molecule has 1 aromatic rings. The quantitative estimate of drug-likeness (QED) is 0.774. The van der Waals surface area contributed by atoms with Gasteiger partial charge in [0.05, 0.1) is 19.8 Å². The van der Waals surface area contributed by atoms with Crippen LogP contribution in [0.2, 0.25) is 0 Å². The predicted molar refractivity (Wildman–Crippen MR) is 54.3 cm³/mol. The molecule has 3 nitrogen and oxygen atoms in total. The standard InChI is InChI=1S/C9H13NO2.ClH/c1-12-8-4-2-3-7(5-8)9(10)6-11;/h2-5,9,11H,6,10H2,1H3;1H/t9-;/m0./s1. The Hall–Kier alpha value is -0.770. The minimum absolute atomic E-state index is 0. The summed E-state index contributed by atoms with van der Waals surface area (Å²) in [5, 5.41) is 8.79. The van der Waals surface area contributed by atoms with E-state index in [1.807, 2.05) is 24.3 Å². The van der Waals surface area contributed by atoms with Crippen LogP contribution >= 0.6 is 12.4 Å². The van der Waals surface area contributed by atoms with Gasteiger partial charge in [0.1, 0.15) is 5.75 Å². The molecule has 0 radical (unpaired) electrons. The molecule has 0 fully saturated rings. The Morgan fingerprint density at radius 2 is 2.23 bits per heavy atom. The summed E-state index contributed by atoms with van der Waals surface area (Å²) in [5.41, 5.74) is 6.50. The molecule has 74 valence electrons. The van der Waals surface area contributed by atoms with Crippen LogP contribution in [0, 0.1) is 0 Å². The first-order chi connectivity index (χ1) is 5.77. The summed E-state index contributed by atoms with van der Waals surface area (Å²) in [6, 6.07) is 7.06. The maximum Gasteiger partial charge on any atom is 0.119 e. The van der Waals surface area contributed by atoms with Crippen molar-refractivity contribution in [3.05, 3.63) is 29.8 Å². The van der Waals surface area contributed by atoms with Crippen LogP contribution < -0.4 is 10.5 Å². The van der Waals surface area contributed by atoms with Crippen LogP contribution in [-0.4, -0.2) is 18.8 Å². The molecule has 13 heavy (non-hydrogen) atoms. The number of rotatable bonds is 3. The lowest BCUT2D eigenvalue weighted by Crippen LogP contribution is -2.14. The topological polar surface area (TPSA) is 55.5 Å². The Balaban J connectivity index is 0.00000144. The molecule has 1 rings (SSSR count). The van der Waals surface area contributed by atoms with E-state index in [9.17, 15) is 0 Å². The SMILES string of the molecule is COc1cccc([C@@H](N)CO)c1.Cl. The summed E-state index contributed by atoms with van der Waals surface area (Å²) in [4.78, 5) is 0. The second-order valence-corrected chi connectivity index (χ2v) is 2.57. The largest absolute Gasteiger partial charge is 0.497 e. The molecule has 0 heterocycles. The molecule has 0 saturated heterocycles. The lowest BCUT2D eigenvalue weighted by Gasteiger charge is -2.09. The van der Waals surface area contributed by atoms with E-state index in [4.69, 9.17) is 15.6 Å². The molecule has 0 unspecified atom stereocenters. The molecule has 0 amide bonds. The number of halogens is 1. The molecule has 0 aromatic heterocycles. The fourth-order valence-electron chi connectivity index (χ4n) is 0.978. The van der Waals surface area contributed by atoms with E-state index in [1.54, 1.807) is 7.11 Å². The zero-order valence-electron chi connectivity index (χ0n) is 7.43. The van der Waals surface area contributed by atoms with Crippen LogP contribution in [0.15, 0.2) is 24.3 Å². The summed E-state index contributed by atoms with van der Waals surface area (Å²) in [7, 11) is 1.60. The third-order valence-corrected chi connectivity index (χ3v) is 1.72. The van der Waals surface area contributed by atoms with Crippen LogP contribution in [0.25, 0.3) is 0 Å². The average Bonchev–Trinajstić information content (AvgIpc) is 2.17. The minimum Gasteiger partial charge on any atom is -0.497 e. The van der Waals surface area contributed by atoms with Crippen molar-refractivity contribution in [2.75, 3.05) is 13.7 Å². The Morgan fingerprint density at radius 3 is 2.77 bits per heavy atom. The zero-order valence-corrected chi connectivity index (χ0v) is 8.25. The van der Waals surface area contributed by atoms with Crippen LogP contribution in [0.5, 0.6) is 5.75 Å². The Kier molecular flexibility index (Phi) is 5.46. The Bertz CT molecular complexity index is 255. The highest BCUT2D eigenvalue weighted by Gasteiger charge is 2.03. The number of hydrogen-bond donors (Lipinski definition) is 2. The van der Waals surface area contributed by atoms with E-state index in [1.165, 1.54) is 0 Å². The molecular formula is C9H14ClNO2. The monoisotopic (exact) mass is 203 g/mol. The Labute approximate surface area is 83.9 Å². The molecule has 3 N–H and O–H groups in total. The number of aliphatic hydroxyl groups is 1. The number of hydrogen-bond acceptors (Lipinski definition) is 3. The molecule has 0 saturated carbocycles. The lowest BCUT2D eigenvalue weighted by atomic mass is 10.1. The normalized spacial score (nSPS) is 11.6. The van der Waals surface area contributed by atoms with Gasteiger partial charge in [-0.15, -0.1) is 12.4 Å². The summed E-state index contributed by atoms with van der Waals surface area (Å²) in [6.45, 7) is -0.0484. The van der Waals surface area contributed by atoms with Crippen molar-refractivity contribution in [1.82, 2.24) is 0 Å². The number of ether oxygens (including phenoxy) is 1. The second kappa shape index (κ2) is 5.80. The van der Waals surface area contributed by atoms with Gasteiger partial charge in [0, 0.05) is 0 Å². The minimum atomic E-state index is -0.319. The highest BCUT2D eigenvalue weighted by Crippen LogP contribution is 2.16. The van der Waals surface area contributed by atoms with E-state index in [2.05, 4.69) is 0 Å². The van der Waals surface area contributed by atoms with Gasteiger partial charge in [-0.05, 0) is 17.7 Å². The summed E-state index contributed by atoms with van der Waals surface area (Å²) >= 11 is 0. The zero-order chi connectivity index (χ0) is 8.97. The molecule has 0 aliphatic heterocycles. The van der Waals surface area contributed by atoms with Crippen LogP contribution in [0.4, 0.5) is 0 Å². The predicted octanol–water partition coefficient (Wildman–Crippen LogP) is 1.11. The summed E-state index contributed by atoms with van der Waals surface area (Å²) < 4.78 is 5.01. The van der Waals surface area contributed by atoms with Gasteiger partial charge in [-0.25, -0.2) is 0 Å². The molecule has 1 atom stereocenters. The summed E-state index contributed by atoms with van der Waals surface area (Å²) in [5.74, 6) is 0.761. The van der Waals surface area contributed by atoms with E-state index in [0.717, 1.165) is 11.3 Å². The van der Waals surface area contributed by atoms with Crippen molar-refractivity contribution in [2.45, 2.75) is 6.04 Å².